The van der Waals surface area contributed by atoms with Crippen molar-refractivity contribution in [1.82, 2.24) is 10.4 Å². The smallest absolute Gasteiger partial charge is 0.429 e. The lowest BCUT2D eigenvalue weighted by atomic mass is 9.97. The van der Waals surface area contributed by atoms with E-state index in [9.17, 15) is 19.5 Å². The Balaban J connectivity index is 1.81. The number of aliphatic hydroxyl groups excluding tert-OH is 1. The van der Waals surface area contributed by atoms with E-state index in [-0.39, 0.29) is 31.8 Å². The van der Waals surface area contributed by atoms with Crippen LogP contribution < -0.4 is 5.43 Å². The Morgan fingerprint density at radius 1 is 0.778 bits per heavy atom. The summed E-state index contributed by atoms with van der Waals surface area (Å²) in [6.45, 7) is 1.29. The molecule has 0 radical (unpaired) electrons. The number of Topliss-reactive ketones (excluding diaryl/α,β-unsaturated/α-hetero) is 1. The molecule has 0 aliphatic heterocycles. The average Bonchev–Trinajstić information content (AvgIpc) is 2.89. The Kier molecular flexibility index (Phi) is 10.0. The Hall–Kier alpha value is -4.17. The second-order valence-corrected chi connectivity index (χ2v) is 8.31. The fourth-order valence-corrected chi connectivity index (χ4v) is 3.59. The summed E-state index contributed by atoms with van der Waals surface area (Å²) in [5.74, 6) is -0.259. The van der Waals surface area contributed by atoms with Crippen LogP contribution in [0.4, 0.5) is 9.59 Å². The lowest BCUT2D eigenvalue weighted by Gasteiger charge is -2.33. The van der Waals surface area contributed by atoms with Crippen molar-refractivity contribution in [3.05, 3.63) is 108 Å². The molecule has 0 aromatic heterocycles. The van der Waals surface area contributed by atoms with Gasteiger partial charge in [0.2, 0.25) is 0 Å². The van der Waals surface area contributed by atoms with E-state index in [0.717, 1.165) is 21.7 Å². The third kappa shape index (κ3) is 8.56. The highest BCUT2D eigenvalue weighted by molar-refractivity contribution is 5.77. The predicted octanol–water partition coefficient (Wildman–Crippen LogP) is 4.42. The van der Waals surface area contributed by atoms with E-state index in [2.05, 4.69) is 5.43 Å². The zero-order valence-corrected chi connectivity index (χ0v) is 20.1. The maximum absolute atomic E-state index is 13.2. The molecule has 0 bridgehead atoms. The monoisotopic (exact) mass is 490 g/mol. The summed E-state index contributed by atoms with van der Waals surface area (Å²) >= 11 is 0. The lowest BCUT2D eigenvalue weighted by molar-refractivity contribution is -0.120. The van der Waals surface area contributed by atoms with Gasteiger partial charge in [-0.2, -0.15) is 0 Å². The van der Waals surface area contributed by atoms with Crippen LogP contribution in [0.25, 0.3) is 0 Å². The molecule has 2 N–H and O–H groups in total. The van der Waals surface area contributed by atoms with Crippen LogP contribution in [0.15, 0.2) is 91.0 Å². The minimum atomic E-state index is -1.26. The Bertz CT molecular complexity index is 1110. The first kappa shape index (κ1) is 26.4. The average molecular weight is 491 g/mol. The molecule has 36 heavy (non-hydrogen) atoms. The van der Waals surface area contributed by atoms with Gasteiger partial charge >= 0.3 is 12.2 Å². The molecule has 0 fully saturated rings. The molecule has 0 saturated carbocycles. The van der Waals surface area contributed by atoms with E-state index in [1.807, 2.05) is 66.7 Å². The van der Waals surface area contributed by atoms with Crippen molar-refractivity contribution < 1.29 is 29.0 Å². The lowest BCUT2D eigenvalue weighted by Crippen LogP contribution is -2.57. The summed E-state index contributed by atoms with van der Waals surface area (Å²) in [5.41, 5.74) is 4.74. The topological polar surface area (TPSA) is 105 Å². The summed E-state index contributed by atoms with van der Waals surface area (Å²) in [7, 11) is 0. The number of ether oxygens (including phenoxy) is 2. The molecule has 0 spiro atoms. The number of rotatable bonds is 10. The molecule has 188 valence electrons. The van der Waals surface area contributed by atoms with Gasteiger partial charge in [-0.05, 0) is 30.0 Å². The van der Waals surface area contributed by atoms with Gasteiger partial charge in [-0.15, -0.1) is 0 Å². The first-order valence-corrected chi connectivity index (χ1v) is 11.6. The van der Waals surface area contributed by atoms with Crippen LogP contribution in [-0.2, 0) is 33.9 Å². The summed E-state index contributed by atoms with van der Waals surface area (Å²) in [5, 5.41) is 11.8. The van der Waals surface area contributed by atoms with E-state index in [4.69, 9.17) is 9.47 Å². The second kappa shape index (κ2) is 13.7. The zero-order valence-electron chi connectivity index (χ0n) is 20.1. The fourth-order valence-electron chi connectivity index (χ4n) is 3.59. The van der Waals surface area contributed by atoms with E-state index in [1.165, 1.54) is 6.92 Å². The van der Waals surface area contributed by atoms with E-state index in [0.29, 0.717) is 0 Å². The molecule has 3 aromatic carbocycles. The highest BCUT2D eigenvalue weighted by atomic mass is 16.6. The van der Waals surface area contributed by atoms with Crippen LogP contribution in [0.5, 0.6) is 0 Å². The van der Waals surface area contributed by atoms with Crippen LogP contribution in [-0.4, -0.2) is 40.2 Å². The molecular weight excluding hydrogens is 460 g/mol. The Morgan fingerprint density at radius 3 is 1.75 bits per heavy atom. The van der Waals surface area contributed by atoms with Crippen molar-refractivity contribution >= 4 is 18.0 Å². The van der Waals surface area contributed by atoms with Gasteiger partial charge in [0.25, 0.3) is 0 Å². The quantitative estimate of drug-likeness (QED) is 0.408. The molecule has 2 atom stereocenters. The van der Waals surface area contributed by atoms with Gasteiger partial charge in [0.15, 0.2) is 0 Å². The van der Waals surface area contributed by atoms with Crippen molar-refractivity contribution in [3.8, 4) is 0 Å². The summed E-state index contributed by atoms with van der Waals surface area (Å²) in [6.07, 6.45) is -3.10. The van der Waals surface area contributed by atoms with Gasteiger partial charge in [-0.25, -0.2) is 20.0 Å². The normalized spacial score (nSPS) is 12.2. The molecule has 2 amide bonds. The number of benzene rings is 3. The largest absolute Gasteiger partial charge is 0.443 e. The van der Waals surface area contributed by atoms with Crippen LogP contribution >= 0.6 is 0 Å². The Morgan fingerprint density at radius 2 is 1.25 bits per heavy atom. The molecular formula is C28H30N2O6. The number of hydrogen-bond donors (Lipinski definition) is 2. The molecule has 0 aliphatic carbocycles. The summed E-state index contributed by atoms with van der Waals surface area (Å²) in [6, 6.07) is 26.3. The molecule has 0 unspecified atom stereocenters. The molecule has 0 aliphatic rings. The van der Waals surface area contributed by atoms with Gasteiger partial charge in [0, 0.05) is 6.42 Å². The molecule has 0 saturated heterocycles. The number of carbonyl (C=O) groups is 3. The molecule has 8 heteroatoms. The molecule has 3 rings (SSSR count). The molecule has 0 heterocycles. The van der Waals surface area contributed by atoms with Crippen molar-refractivity contribution in [2.75, 3.05) is 0 Å². The summed E-state index contributed by atoms with van der Waals surface area (Å²) < 4.78 is 10.7. The number of hydrogen-bond acceptors (Lipinski definition) is 6. The highest BCUT2D eigenvalue weighted by Crippen LogP contribution is 2.16. The third-order valence-corrected chi connectivity index (χ3v) is 5.39. The van der Waals surface area contributed by atoms with E-state index < -0.39 is 24.3 Å². The van der Waals surface area contributed by atoms with Crippen molar-refractivity contribution in [3.63, 3.8) is 0 Å². The number of nitrogens with zero attached hydrogens (tertiary/aromatic N) is 1. The van der Waals surface area contributed by atoms with Gasteiger partial charge in [-0.3, -0.25) is 4.79 Å². The number of aliphatic hydroxyl groups is 1. The van der Waals surface area contributed by atoms with Crippen LogP contribution in [0, 0.1) is 0 Å². The fraction of sp³-hybridized carbons (Fsp3) is 0.250. The number of ketones is 1. The molecule has 8 nitrogen and oxygen atoms in total. The van der Waals surface area contributed by atoms with Crippen LogP contribution in [0.1, 0.15) is 30.0 Å². The zero-order chi connectivity index (χ0) is 25.8. The standard InChI is InChI=1S/C28H30N2O6/c1-21(31)17-26(32)25(18-22-11-5-2-6-12-22)30(28(34)36-20-24-15-9-4-10-16-24)29-27(33)35-19-23-13-7-3-8-14-23/h2-16,25-26,32H,17-20H2,1H3,(H,29,33)/t25-,26-/m1/s1. The van der Waals surface area contributed by atoms with Crippen molar-refractivity contribution in [2.24, 2.45) is 0 Å². The first-order chi connectivity index (χ1) is 17.4. The predicted molar refractivity (Wildman–Crippen MR) is 133 cm³/mol. The summed E-state index contributed by atoms with van der Waals surface area (Å²) in [4.78, 5) is 37.7. The Labute approximate surface area is 210 Å². The molecule has 3 aromatic rings. The maximum Gasteiger partial charge on any atom is 0.429 e. The van der Waals surface area contributed by atoms with Gasteiger partial charge in [0.05, 0.1) is 12.1 Å². The van der Waals surface area contributed by atoms with Crippen LogP contribution in [0.2, 0.25) is 0 Å². The van der Waals surface area contributed by atoms with E-state index >= 15 is 0 Å². The number of nitrogens with one attached hydrogen (secondary N) is 1. The third-order valence-electron chi connectivity index (χ3n) is 5.39. The number of amides is 2. The first-order valence-electron chi connectivity index (χ1n) is 11.6. The van der Waals surface area contributed by atoms with Crippen molar-refractivity contribution in [2.45, 2.75) is 45.1 Å². The second-order valence-electron chi connectivity index (χ2n) is 8.31. The van der Waals surface area contributed by atoms with Crippen LogP contribution in [0.3, 0.4) is 0 Å². The minimum absolute atomic E-state index is 0.0150. The van der Waals surface area contributed by atoms with Gasteiger partial charge in [-0.1, -0.05) is 91.0 Å². The minimum Gasteiger partial charge on any atom is -0.443 e. The van der Waals surface area contributed by atoms with Gasteiger partial charge in [0.1, 0.15) is 19.0 Å². The number of carbonyl (C=O) groups excluding carboxylic acids is 3. The maximum atomic E-state index is 13.2. The van der Waals surface area contributed by atoms with Crippen molar-refractivity contribution in [1.29, 1.82) is 0 Å². The van der Waals surface area contributed by atoms with Gasteiger partial charge < -0.3 is 14.6 Å². The highest BCUT2D eigenvalue weighted by Gasteiger charge is 2.34. The SMILES string of the molecule is CC(=O)C[C@@H](O)[C@@H](Cc1ccccc1)N(NC(=O)OCc1ccccc1)C(=O)OCc1ccccc1. The van der Waals surface area contributed by atoms with E-state index in [1.54, 1.807) is 24.3 Å². The number of hydrazine groups is 1.